The molecule has 1 atom stereocenters. The van der Waals surface area contributed by atoms with Gasteiger partial charge in [-0.1, -0.05) is 44.7 Å². The van der Waals surface area contributed by atoms with Crippen molar-refractivity contribution < 1.29 is 9.90 Å². The summed E-state index contributed by atoms with van der Waals surface area (Å²) in [4.78, 5) is 12.2. The Morgan fingerprint density at radius 1 is 1.33 bits per heavy atom. The molecule has 0 aromatic heterocycles. The van der Waals surface area contributed by atoms with Gasteiger partial charge in [0.15, 0.2) is 0 Å². The first-order valence-electron chi connectivity index (χ1n) is 7.41. The quantitative estimate of drug-likeness (QED) is 0.818. The first kappa shape index (κ1) is 17.3. The highest BCUT2D eigenvalue weighted by Crippen LogP contribution is 2.22. The Bertz CT molecular complexity index is 520. The van der Waals surface area contributed by atoms with Crippen molar-refractivity contribution in [2.45, 2.75) is 46.6 Å². The second-order valence-electron chi connectivity index (χ2n) is 5.83. The minimum atomic E-state index is -0.343. The fourth-order valence-electron chi connectivity index (χ4n) is 1.71. The summed E-state index contributed by atoms with van der Waals surface area (Å²) in [5.74, 6) is 5.95. The topological polar surface area (TPSA) is 49.3 Å². The van der Waals surface area contributed by atoms with Gasteiger partial charge in [-0.25, -0.2) is 0 Å². The summed E-state index contributed by atoms with van der Waals surface area (Å²) in [7, 11) is 0. The van der Waals surface area contributed by atoms with Crippen molar-refractivity contribution in [1.82, 2.24) is 5.32 Å². The Kier molecular flexibility index (Phi) is 6.45. The molecule has 0 aliphatic heterocycles. The molecule has 3 heteroatoms. The van der Waals surface area contributed by atoms with Crippen LogP contribution in [-0.4, -0.2) is 17.6 Å². The molecular formula is C18H25NO2. The molecular weight excluding hydrogens is 262 g/mol. The standard InChI is InChI=1S/C18H25NO2/c1-5-18(3,4)17(21)19-14(2)16-11-9-15(10-12-16)8-6-7-13-20/h9-12,14,20H,5,7,13H2,1-4H3,(H,19,21). The van der Waals surface area contributed by atoms with Crippen molar-refractivity contribution in [3.63, 3.8) is 0 Å². The van der Waals surface area contributed by atoms with Crippen LogP contribution in [0.3, 0.4) is 0 Å². The second kappa shape index (κ2) is 7.85. The zero-order valence-electron chi connectivity index (χ0n) is 13.4. The number of aliphatic hydroxyl groups is 1. The molecule has 0 aliphatic carbocycles. The van der Waals surface area contributed by atoms with Crippen molar-refractivity contribution in [2.75, 3.05) is 6.61 Å². The first-order valence-corrected chi connectivity index (χ1v) is 7.41. The number of carbonyl (C=O) groups excluding carboxylic acids is 1. The largest absolute Gasteiger partial charge is 0.395 e. The van der Waals surface area contributed by atoms with E-state index in [1.165, 1.54) is 0 Å². The zero-order valence-corrected chi connectivity index (χ0v) is 13.4. The molecule has 0 heterocycles. The number of hydrogen-bond donors (Lipinski definition) is 2. The summed E-state index contributed by atoms with van der Waals surface area (Å²) < 4.78 is 0. The fraction of sp³-hybridized carbons (Fsp3) is 0.500. The monoisotopic (exact) mass is 287 g/mol. The van der Waals surface area contributed by atoms with Crippen molar-refractivity contribution in [3.05, 3.63) is 35.4 Å². The maximum Gasteiger partial charge on any atom is 0.226 e. The van der Waals surface area contributed by atoms with Crippen LogP contribution in [0.15, 0.2) is 24.3 Å². The van der Waals surface area contributed by atoms with Crippen molar-refractivity contribution in [1.29, 1.82) is 0 Å². The van der Waals surface area contributed by atoms with Gasteiger partial charge in [0.2, 0.25) is 5.91 Å². The molecule has 0 aliphatic rings. The smallest absolute Gasteiger partial charge is 0.226 e. The van der Waals surface area contributed by atoms with E-state index in [4.69, 9.17) is 5.11 Å². The highest BCUT2D eigenvalue weighted by Gasteiger charge is 2.26. The molecule has 1 aromatic rings. The van der Waals surface area contributed by atoms with Crippen molar-refractivity contribution in [3.8, 4) is 11.8 Å². The van der Waals surface area contributed by atoms with Crippen molar-refractivity contribution in [2.24, 2.45) is 5.41 Å². The molecule has 3 nitrogen and oxygen atoms in total. The van der Waals surface area contributed by atoms with Crippen LogP contribution in [0.1, 0.15) is 57.7 Å². The summed E-state index contributed by atoms with van der Waals surface area (Å²) in [6.45, 7) is 7.99. The number of carbonyl (C=O) groups is 1. The number of amides is 1. The van der Waals surface area contributed by atoms with Crippen LogP contribution in [-0.2, 0) is 4.79 Å². The van der Waals surface area contributed by atoms with E-state index >= 15 is 0 Å². The van der Waals surface area contributed by atoms with E-state index in [1.807, 2.05) is 52.0 Å². The predicted molar refractivity (Wildman–Crippen MR) is 85.7 cm³/mol. The third-order valence-corrected chi connectivity index (χ3v) is 3.73. The minimum absolute atomic E-state index is 0.0252. The molecule has 2 N–H and O–H groups in total. The SMILES string of the molecule is CCC(C)(C)C(=O)NC(C)c1ccc(C#CCCO)cc1. The summed E-state index contributed by atoms with van der Waals surface area (Å²) in [6.07, 6.45) is 1.30. The first-order chi connectivity index (χ1) is 9.90. The highest BCUT2D eigenvalue weighted by atomic mass is 16.2. The van der Waals surface area contributed by atoms with Gasteiger partial charge in [-0.15, -0.1) is 0 Å². The number of benzene rings is 1. The molecule has 0 fully saturated rings. The molecule has 1 amide bonds. The summed E-state index contributed by atoms with van der Waals surface area (Å²) in [5, 5.41) is 11.7. The van der Waals surface area contributed by atoms with Gasteiger partial charge in [-0.3, -0.25) is 4.79 Å². The van der Waals surface area contributed by atoms with E-state index in [-0.39, 0.29) is 24.0 Å². The summed E-state index contributed by atoms with van der Waals surface area (Å²) >= 11 is 0. The number of nitrogens with one attached hydrogen (secondary N) is 1. The van der Waals surface area contributed by atoms with E-state index in [0.717, 1.165) is 17.5 Å². The number of aliphatic hydroxyl groups excluding tert-OH is 1. The lowest BCUT2D eigenvalue weighted by Gasteiger charge is -2.24. The van der Waals surface area contributed by atoms with Crippen LogP contribution in [0.2, 0.25) is 0 Å². The van der Waals surface area contributed by atoms with Gasteiger partial charge < -0.3 is 10.4 Å². The maximum atomic E-state index is 12.2. The van der Waals surface area contributed by atoms with Gasteiger partial charge in [0.25, 0.3) is 0 Å². The van der Waals surface area contributed by atoms with Crippen LogP contribution in [0.5, 0.6) is 0 Å². The summed E-state index contributed by atoms with van der Waals surface area (Å²) in [6, 6.07) is 7.81. The molecule has 0 saturated heterocycles. The van der Waals surface area contributed by atoms with E-state index < -0.39 is 0 Å². The molecule has 0 radical (unpaired) electrons. The lowest BCUT2D eigenvalue weighted by Crippen LogP contribution is -2.37. The Morgan fingerprint density at radius 3 is 2.48 bits per heavy atom. The maximum absolute atomic E-state index is 12.2. The Hall–Kier alpha value is -1.79. The van der Waals surface area contributed by atoms with Gasteiger partial charge in [-0.2, -0.15) is 0 Å². The lowest BCUT2D eigenvalue weighted by molar-refractivity contribution is -0.130. The van der Waals surface area contributed by atoms with E-state index in [1.54, 1.807) is 0 Å². The third kappa shape index (κ3) is 5.24. The summed E-state index contributed by atoms with van der Waals surface area (Å²) in [5.41, 5.74) is 1.63. The van der Waals surface area contributed by atoms with Gasteiger partial charge in [0, 0.05) is 17.4 Å². The molecule has 1 rings (SSSR count). The fourth-order valence-corrected chi connectivity index (χ4v) is 1.71. The average molecular weight is 287 g/mol. The van der Waals surface area contributed by atoms with Crippen LogP contribution in [0.4, 0.5) is 0 Å². The molecule has 21 heavy (non-hydrogen) atoms. The van der Waals surface area contributed by atoms with Crippen molar-refractivity contribution >= 4 is 5.91 Å². The third-order valence-electron chi connectivity index (χ3n) is 3.73. The molecule has 0 bridgehead atoms. The lowest BCUT2D eigenvalue weighted by atomic mass is 9.88. The Balaban J connectivity index is 2.70. The van der Waals surface area contributed by atoms with Crippen LogP contribution >= 0.6 is 0 Å². The molecule has 0 saturated carbocycles. The van der Waals surface area contributed by atoms with Crippen LogP contribution < -0.4 is 5.32 Å². The molecule has 0 spiro atoms. The predicted octanol–water partition coefficient (Wildman–Crippen LogP) is 3.03. The second-order valence-corrected chi connectivity index (χ2v) is 5.83. The average Bonchev–Trinajstić information content (AvgIpc) is 2.48. The normalized spacial score (nSPS) is 12.2. The van der Waals surface area contributed by atoms with Gasteiger partial charge in [0.05, 0.1) is 12.6 Å². The molecule has 1 unspecified atom stereocenters. The highest BCUT2D eigenvalue weighted by molar-refractivity contribution is 5.82. The van der Waals surface area contributed by atoms with E-state index in [9.17, 15) is 4.79 Å². The Morgan fingerprint density at radius 2 is 1.95 bits per heavy atom. The van der Waals surface area contributed by atoms with Crippen LogP contribution in [0.25, 0.3) is 0 Å². The number of rotatable bonds is 5. The zero-order chi connectivity index (χ0) is 15.9. The number of hydrogen-bond acceptors (Lipinski definition) is 2. The van der Waals surface area contributed by atoms with Crippen LogP contribution in [0, 0.1) is 17.3 Å². The molecule has 1 aromatic carbocycles. The van der Waals surface area contributed by atoms with Gasteiger partial charge in [0.1, 0.15) is 0 Å². The van der Waals surface area contributed by atoms with E-state index in [2.05, 4.69) is 17.2 Å². The molecule has 114 valence electrons. The van der Waals surface area contributed by atoms with Gasteiger partial charge in [-0.05, 0) is 31.0 Å². The van der Waals surface area contributed by atoms with E-state index in [0.29, 0.717) is 6.42 Å². The Labute approximate surface area is 127 Å². The minimum Gasteiger partial charge on any atom is -0.395 e. The van der Waals surface area contributed by atoms with Gasteiger partial charge >= 0.3 is 0 Å².